The molecule has 1 aromatic rings. The maximum atomic E-state index is 5.85. The summed E-state index contributed by atoms with van der Waals surface area (Å²) in [6, 6.07) is 8.71. The zero-order valence-corrected chi connectivity index (χ0v) is 12.0. The van der Waals surface area contributed by atoms with Gasteiger partial charge in [-0.25, -0.2) is 0 Å². The molecule has 0 amide bonds. The lowest BCUT2D eigenvalue weighted by Crippen LogP contribution is -2.32. The Kier molecular flexibility index (Phi) is 5.67. The summed E-state index contributed by atoms with van der Waals surface area (Å²) in [6.07, 6.45) is 3.77. The smallest absolute Gasteiger partial charge is 0.119 e. The van der Waals surface area contributed by atoms with Gasteiger partial charge >= 0.3 is 0 Å². The minimum atomic E-state index is 0.304. The average molecular weight is 263 g/mol. The van der Waals surface area contributed by atoms with Crippen molar-refractivity contribution in [2.45, 2.75) is 45.3 Å². The van der Waals surface area contributed by atoms with Crippen molar-refractivity contribution in [2.24, 2.45) is 0 Å². The van der Waals surface area contributed by atoms with E-state index in [1.54, 1.807) is 0 Å². The monoisotopic (exact) mass is 263 g/mol. The summed E-state index contributed by atoms with van der Waals surface area (Å²) >= 11 is 0. The number of nitrogens with one attached hydrogen (secondary N) is 1. The minimum Gasteiger partial charge on any atom is -0.494 e. The molecular weight excluding hydrogens is 238 g/mol. The Morgan fingerprint density at radius 3 is 2.68 bits per heavy atom. The number of hydrogen-bond donors (Lipinski definition) is 1. The van der Waals surface area contributed by atoms with Crippen molar-refractivity contribution in [2.75, 3.05) is 19.8 Å². The second kappa shape index (κ2) is 7.51. The highest BCUT2D eigenvalue weighted by Gasteiger charge is 2.26. The molecule has 2 unspecified atom stereocenters. The van der Waals surface area contributed by atoms with Crippen LogP contribution in [-0.4, -0.2) is 25.9 Å². The third-order valence-corrected chi connectivity index (χ3v) is 3.50. The third-order valence-electron chi connectivity index (χ3n) is 3.50. The zero-order valence-electron chi connectivity index (χ0n) is 12.0. The van der Waals surface area contributed by atoms with Gasteiger partial charge in [0.2, 0.25) is 0 Å². The Labute approximate surface area is 116 Å². The Morgan fingerprint density at radius 1 is 1.32 bits per heavy atom. The van der Waals surface area contributed by atoms with E-state index in [1.807, 2.05) is 6.92 Å². The first-order chi connectivity index (χ1) is 9.35. The van der Waals surface area contributed by atoms with E-state index in [1.165, 1.54) is 12.0 Å². The van der Waals surface area contributed by atoms with Crippen LogP contribution in [0, 0.1) is 0 Å². The molecule has 1 aromatic carbocycles. The third kappa shape index (κ3) is 3.95. The number of rotatable bonds is 7. The highest BCUT2D eigenvalue weighted by Crippen LogP contribution is 2.28. The predicted molar refractivity (Wildman–Crippen MR) is 77.6 cm³/mol. The van der Waals surface area contributed by atoms with Crippen molar-refractivity contribution >= 4 is 0 Å². The first-order valence-corrected chi connectivity index (χ1v) is 7.43. The summed E-state index contributed by atoms with van der Waals surface area (Å²) in [5.41, 5.74) is 1.30. The number of hydrogen-bond acceptors (Lipinski definition) is 3. The van der Waals surface area contributed by atoms with Gasteiger partial charge in [-0.2, -0.15) is 0 Å². The second-order valence-electron chi connectivity index (χ2n) is 4.99. The summed E-state index contributed by atoms with van der Waals surface area (Å²) in [7, 11) is 0. The molecule has 0 radical (unpaired) electrons. The van der Waals surface area contributed by atoms with Crippen LogP contribution in [0.25, 0.3) is 0 Å². The van der Waals surface area contributed by atoms with Gasteiger partial charge in [-0.15, -0.1) is 0 Å². The molecule has 19 heavy (non-hydrogen) atoms. The summed E-state index contributed by atoms with van der Waals surface area (Å²) in [6.45, 7) is 6.83. The molecule has 2 rings (SSSR count). The van der Waals surface area contributed by atoms with Crippen LogP contribution in [0.4, 0.5) is 0 Å². The fraction of sp³-hybridized carbons (Fsp3) is 0.625. The molecule has 0 bridgehead atoms. The van der Waals surface area contributed by atoms with Crippen LogP contribution in [0.2, 0.25) is 0 Å². The predicted octanol–water partition coefficient (Wildman–Crippen LogP) is 3.31. The van der Waals surface area contributed by atoms with Crippen LogP contribution < -0.4 is 10.1 Å². The lowest BCUT2D eigenvalue weighted by molar-refractivity contribution is 0.0783. The van der Waals surface area contributed by atoms with Crippen molar-refractivity contribution in [1.29, 1.82) is 0 Å². The molecule has 1 heterocycles. The summed E-state index contributed by atoms with van der Waals surface area (Å²) in [5, 5.41) is 3.61. The lowest BCUT2D eigenvalue weighted by Gasteiger charge is -2.25. The fourth-order valence-corrected chi connectivity index (χ4v) is 2.57. The Bertz CT molecular complexity index is 358. The van der Waals surface area contributed by atoms with Gasteiger partial charge in [-0.05, 0) is 50.4 Å². The van der Waals surface area contributed by atoms with Crippen LogP contribution in [0.15, 0.2) is 24.3 Å². The van der Waals surface area contributed by atoms with Crippen molar-refractivity contribution in [3.8, 4) is 5.75 Å². The van der Waals surface area contributed by atoms with Gasteiger partial charge in [0.15, 0.2) is 0 Å². The second-order valence-corrected chi connectivity index (χ2v) is 4.99. The van der Waals surface area contributed by atoms with Gasteiger partial charge in [0.25, 0.3) is 0 Å². The topological polar surface area (TPSA) is 30.5 Å². The molecule has 1 aliphatic rings. The van der Waals surface area contributed by atoms with Gasteiger partial charge in [-0.1, -0.05) is 19.1 Å². The molecule has 3 heteroatoms. The van der Waals surface area contributed by atoms with E-state index in [2.05, 4.69) is 36.5 Å². The van der Waals surface area contributed by atoms with E-state index in [0.29, 0.717) is 18.8 Å². The van der Waals surface area contributed by atoms with Crippen LogP contribution in [0.5, 0.6) is 5.75 Å². The van der Waals surface area contributed by atoms with Gasteiger partial charge in [0.05, 0.1) is 18.8 Å². The largest absolute Gasteiger partial charge is 0.494 e. The van der Waals surface area contributed by atoms with Crippen molar-refractivity contribution in [3.05, 3.63) is 29.8 Å². The molecule has 0 aliphatic carbocycles. The molecule has 0 saturated carbocycles. The molecule has 0 aromatic heterocycles. The van der Waals surface area contributed by atoms with Gasteiger partial charge in [-0.3, -0.25) is 0 Å². The maximum absolute atomic E-state index is 5.85. The van der Waals surface area contributed by atoms with Crippen LogP contribution in [-0.2, 0) is 4.74 Å². The van der Waals surface area contributed by atoms with Crippen LogP contribution >= 0.6 is 0 Å². The molecule has 0 spiro atoms. The zero-order chi connectivity index (χ0) is 13.5. The lowest BCUT2D eigenvalue weighted by atomic mass is 9.99. The maximum Gasteiger partial charge on any atom is 0.119 e. The molecule has 3 nitrogen and oxygen atoms in total. The molecule has 2 atom stereocenters. The van der Waals surface area contributed by atoms with E-state index in [9.17, 15) is 0 Å². The molecule has 1 N–H and O–H groups in total. The van der Waals surface area contributed by atoms with Crippen molar-refractivity contribution in [1.82, 2.24) is 5.32 Å². The van der Waals surface area contributed by atoms with Crippen molar-refractivity contribution < 1.29 is 9.47 Å². The molecule has 1 aliphatic heterocycles. The first kappa shape index (κ1) is 14.4. The van der Waals surface area contributed by atoms with Gasteiger partial charge in [0, 0.05) is 6.61 Å². The van der Waals surface area contributed by atoms with E-state index < -0.39 is 0 Å². The Balaban J connectivity index is 2.07. The standard InChI is InChI=1S/C16H25NO2/c1-3-11-17-16(15-6-5-12-19-15)13-7-9-14(10-8-13)18-4-2/h7-10,15-17H,3-6,11-12H2,1-2H3. The first-order valence-electron chi connectivity index (χ1n) is 7.43. The highest BCUT2D eigenvalue weighted by atomic mass is 16.5. The quantitative estimate of drug-likeness (QED) is 0.818. The van der Waals surface area contributed by atoms with E-state index in [0.717, 1.165) is 31.7 Å². The summed E-state index contributed by atoms with van der Waals surface area (Å²) in [5.74, 6) is 0.938. The number of ether oxygens (including phenoxy) is 2. The van der Waals surface area contributed by atoms with Crippen molar-refractivity contribution in [3.63, 3.8) is 0 Å². The Hall–Kier alpha value is -1.06. The summed E-state index contributed by atoms with van der Waals surface area (Å²) < 4.78 is 11.3. The van der Waals surface area contributed by atoms with E-state index in [-0.39, 0.29) is 0 Å². The molecular formula is C16H25NO2. The van der Waals surface area contributed by atoms with E-state index in [4.69, 9.17) is 9.47 Å². The number of benzene rings is 1. The molecule has 1 fully saturated rings. The minimum absolute atomic E-state index is 0.304. The highest BCUT2D eigenvalue weighted by molar-refractivity contribution is 5.30. The average Bonchev–Trinajstić information content (AvgIpc) is 2.95. The van der Waals surface area contributed by atoms with Crippen LogP contribution in [0.3, 0.4) is 0 Å². The fourth-order valence-electron chi connectivity index (χ4n) is 2.57. The Morgan fingerprint density at radius 2 is 2.11 bits per heavy atom. The van der Waals surface area contributed by atoms with Crippen LogP contribution in [0.1, 0.15) is 44.7 Å². The normalized spacial score (nSPS) is 20.4. The van der Waals surface area contributed by atoms with E-state index >= 15 is 0 Å². The summed E-state index contributed by atoms with van der Waals surface area (Å²) in [4.78, 5) is 0. The van der Waals surface area contributed by atoms with Gasteiger partial charge in [0.1, 0.15) is 5.75 Å². The molecule has 106 valence electrons. The molecule has 1 saturated heterocycles. The SMILES string of the molecule is CCCNC(c1ccc(OCC)cc1)C1CCCO1. The van der Waals surface area contributed by atoms with Gasteiger partial charge < -0.3 is 14.8 Å².